The molecule has 0 spiro atoms. The normalized spacial score (nSPS) is 13.4. The van der Waals surface area contributed by atoms with Crippen LogP contribution in [0.4, 0.5) is 0 Å². The van der Waals surface area contributed by atoms with E-state index in [2.05, 4.69) is 31.0 Å². The fourth-order valence-electron chi connectivity index (χ4n) is 1.56. The minimum atomic E-state index is 0.327. The summed E-state index contributed by atoms with van der Waals surface area (Å²) in [5, 5.41) is 3.40. The predicted octanol–water partition coefficient (Wildman–Crippen LogP) is 1.44. The summed E-state index contributed by atoms with van der Waals surface area (Å²) < 4.78 is 0. The van der Waals surface area contributed by atoms with Gasteiger partial charge in [-0.15, -0.1) is 0 Å². The van der Waals surface area contributed by atoms with Crippen LogP contribution in [-0.4, -0.2) is 43.7 Å². The van der Waals surface area contributed by atoms with E-state index in [9.17, 15) is 0 Å². The Balaban J connectivity index is 3.17. The smallest absolute Gasteiger partial charge is 0.0162 e. The quantitative estimate of drug-likeness (QED) is 0.542. The van der Waals surface area contributed by atoms with Crippen molar-refractivity contribution in [3.05, 3.63) is 0 Å². The zero-order valence-corrected chi connectivity index (χ0v) is 10.8. The van der Waals surface area contributed by atoms with Crippen LogP contribution in [0.1, 0.15) is 40.0 Å². The van der Waals surface area contributed by atoms with Gasteiger partial charge >= 0.3 is 0 Å². The average molecular weight is 215 g/mol. The van der Waals surface area contributed by atoms with Gasteiger partial charge in [-0.05, 0) is 45.4 Å². The lowest BCUT2D eigenvalue weighted by Crippen LogP contribution is -2.34. The van der Waals surface area contributed by atoms with Crippen LogP contribution in [0.15, 0.2) is 0 Å². The molecule has 0 aromatic carbocycles. The van der Waals surface area contributed by atoms with Gasteiger partial charge < -0.3 is 16.0 Å². The maximum atomic E-state index is 5.81. The molecular weight excluding hydrogens is 186 g/mol. The van der Waals surface area contributed by atoms with Crippen molar-refractivity contribution in [2.75, 3.05) is 32.7 Å². The molecule has 0 amide bonds. The number of unbranched alkanes of at least 4 members (excludes halogenated alkanes) is 1. The Morgan fingerprint density at radius 2 is 1.80 bits per heavy atom. The topological polar surface area (TPSA) is 41.3 Å². The highest BCUT2D eigenvalue weighted by molar-refractivity contribution is 4.62. The van der Waals surface area contributed by atoms with Crippen molar-refractivity contribution in [1.29, 1.82) is 0 Å². The highest BCUT2D eigenvalue weighted by atomic mass is 15.1. The molecule has 0 saturated heterocycles. The first-order chi connectivity index (χ1) is 7.24. The molecule has 0 bridgehead atoms. The van der Waals surface area contributed by atoms with Gasteiger partial charge in [-0.3, -0.25) is 0 Å². The third kappa shape index (κ3) is 8.85. The average Bonchev–Trinajstić information content (AvgIpc) is 2.28. The van der Waals surface area contributed by atoms with Crippen LogP contribution in [0.25, 0.3) is 0 Å². The highest BCUT2D eigenvalue weighted by Gasteiger charge is 1.99. The molecule has 0 fully saturated rings. The summed E-state index contributed by atoms with van der Waals surface area (Å²) in [5.74, 6) is 0. The molecule has 0 aromatic heterocycles. The number of nitrogens with one attached hydrogen (secondary N) is 1. The highest BCUT2D eigenvalue weighted by Crippen LogP contribution is 1.94. The van der Waals surface area contributed by atoms with Crippen molar-refractivity contribution >= 4 is 0 Å². The molecule has 0 aromatic rings. The zero-order valence-electron chi connectivity index (χ0n) is 10.8. The maximum absolute atomic E-state index is 5.81. The SMILES string of the molecule is CCC(N)CNCCCCN(CC)CC. The molecular formula is C12H29N3. The van der Waals surface area contributed by atoms with E-state index in [-0.39, 0.29) is 0 Å². The first-order valence-electron chi connectivity index (χ1n) is 6.43. The fourth-order valence-corrected chi connectivity index (χ4v) is 1.56. The number of hydrogen-bond donors (Lipinski definition) is 2. The summed E-state index contributed by atoms with van der Waals surface area (Å²) in [6.07, 6.45) is 3.61. The molecule has 3 nitrogen and oxygen atoms in total. The van der Waals surface area contributed by atoms with Gasteiger partial charge in [0, 0.05) is 12.6 Å². The molecule has 1 atom stereocenters. The minimum Gasteiger partial charge on any atom is -0.327 e. The Labute approximate surface area is 95.4 Å². The van der Waals surface area contributed by atoms with Crippen LogP contribution in [0.5, 0.6) is 0 Å². The monoisotopic (exact) mass is 215 g/mol. The minimum absolute atomic E-state index is 0.327. The Bertz CT molecular complexity index is 124. The van der Waals surface area contributed by atoms with Crippen LogP contribution in [0.3, 0.4) is 0 Å². The van der Waals surface area contributed by atoms with E-state index >= 15 is 0 Å². The van der Waals surface area contributed by atoms with Gasteiger partial charge in [-0.2, -0.15) is 0 Å². The molecule has 3 N–H and O–H groups in total. The van der Waals surface area contributed by atoms with Crippen LogP contribution < -0.4 is 11.1 Å². The number of nitrogens with two attached hydrogens (primary N) is 1. The standard InChI is InChI=1S/C12H29N3/c1-4-12(13)11-14-9-7-8-10-15(5-2)6-3/h12,14H,4-11,13H2,1-3H3. The first-order valence-corrected chi connectivity index (χ1v) is 6.43. The summed E-state index contributed by atoms with van der Waals surface area (Å²) in [5.41, 5.74) is 5.81. The van der Waals surface area contributed by atoms with Gasteiger partial charge in [-0.1, -0.05) is 20.8 Å². The molecule has 0 aliphatic rings. The van der Waals surface area contributed by atoms with Crippen LogP contribution in [-0.2, 0) is 0 Å². The molecule has 0 saturated carbocycles. The molecule has 0 heterocycles. The molecule has 0 rings (SSSR count). The lowest BCUT2D eigenvalue weighted by molar-refractivity contribution is 0.296. The molecule has 0 radical (unpaired) electrons. The van der Waals surface area contributed by atoms with Gasteiger partial charge in [0.05, 0.1) is 0 Å². The molecule has 1 unspecified atom stereocenters. The third-order valence-electron chi connectivity index (χ3n) is 2.90. The summed E-state index contributed by atoms with van der Waals surface area (Å²) >= 11 is 0. The summed E-state index contributed by atoms with van der Waals surface area (Å²) in [4.78, 5) is 2.47. The van der Waals surface area contributed by atoms with Crippen molar-refractivity contribution in [3.8, 4) is 0 Å². The number of hydrogen-bond acceptors (Lipinski definition) is 3. The molecule has 0 aliphatic carbocycles. The van der Waals surface area contributed by atoms with Crippen LogP contribution in [0.2, 0.25) is 0 Å². The van der Waals surface area contributed by atoms with E-state index in [1.165, 1.54) is 32.5 Å². The molecule has 92 valence electrons. The first kappa shape index (κ1) is 14.9. The van der Waals surface area contributed by atoms with Crippen LogP contribution in [0, 0.1) is 0 Å². The number of rotatable bonds is 10. The van der Waals surface area contributed by atoms with E-state index in [1.54, 1.807) is 0 Å². The lowest BCUT2D eigenvalue weighted by atomic mass is 10.2. The second kappa shape index (κ2) is 10.4. The van der Waals surface area contributed by atoms with Gasteiger partial charge in [0.25, 0.3) is 0 Å². The van der Waals surface area contributed by atoms with E-state index in [0.29, 0.717) is 6.04 Å². The molecule has 0 aliphatic heterocycles. The fraction of sp³-hybridized carbons (Fsp3) is 1.00. The second-order valence-corrected chi connectivity index (χ2v) is 4.11. The van der Waals surface area contributed by atoms with Crippen molar-refractivity contribution in [3.63, 3.8) is 0 Å². The van der Waals surface area contributed by atoms with Gasteiger partial charge in [-0.25, -0.2) is 0 Å². The van der Waals surface area contributed by atoms with Gasteiger partial charge in [0.15, 0.2) is 0 Å². The van der Waals surface area contributed by atoms with Crippen molar-refractivity contribution in [2.45, 2.75) is 46.1 Å². The molecule has 15 heavy (non-hydrogen) atoms. The Morgan fingerprint density at radius 1 is 1.13 bits per heavy atom. The third-order valence-corrected chi connectivity index (χ3v) is 2.90. The predicted molar refractivity (Wildman–Crippen MR) is 68.2 cm³/mol. The zero-order chi connectivity index (χ0) is 11.5. The summed E-state index contributed by atoms with van der Waals surface area (Å²) in [7, 11) is 0. The Kier molecular flexibility index (Phi) is 10.3. The van der Waals surface area contributed by atoms with E-state index < -0.39 is 0 Å². The van der Waals surface area contributed by atoms with Gasteiger partial charge in [0.2, 0.25) is 0 Å². The lowest BCUT2D eigenvalue weighted by Gasteiger charge is -2.17. The molecule has 3 heteroatoms. The maximum Gasteiger partial charge on any atom is 0.0162 e. The van der Waals surface area contributed by atoms with E-state index in [1.807, 2.05) is 0 Å². The Hall–Kier alpha value is -0.120. The second-order valence-electron chi connectivity index (χ2n) is 4.11. The van der Waals surface area contributed by atoms with E-state index in [4.69, 9.17) is 5.73 Å². The van der Waals surface area contributed by atoms with Crippen molar-refractivity contribution < 1.29 is 0 Å². The summed E-state index contributed by atoms with van der Waals surface area (Å²) in [6.45, 7) is 12.2. The Morgan fingerprint density at radius 3 is 2.33 bits per heavy atom. The van der Waals surface area contributed by atoms with Crippen molar-refractivity contribution in [2.24, 2.45) is 5.73 Å². The summed E-state index contributed by atoms with van der Waals surface area (Å²) in [6, 6.07) is 0.327. The largest absolute Gasteiger partial charge is 0.327 e. The van der Waals surface area contributed by atoms with Crippen molar-refractivity contribution in [1.82, 2.24) is 10.2 Å². The van der Waals surface area contributed by atoms with E-state index in [0.717, 1.165) is 19.5 Å². The van der Waals surface area contributed by atoms with Crippen LogP contribution >= 0.6 is 0 Å². The number of nitrogens with zero attached hydrogens (tertiary/aromatic N) is 1. The van der Waals surface area contributed by atoms with Gasteiger partial charge in [0.1, 0.15) is 0 Å².